The van der Waals surface area contributed by atoms with Crippen molar-refractivity contribution >= 4 is 75.4 Å². The molecule has 1 fully saturated rings. The van der Waals surface area contributed by atoms with Crippen LogP contribution in [-0.2, 0) is 9.59 Å². The number of carbonyl (C=O) groups is 2. The SMILES string of the molecule is CC1=CC(C)(C)N(C)c2cc(Cl)c(/C=C3\C(=O)NC(=S)N(c4cccc(Cl)c4)C3=O)cc21. The molecule has 0 unspecified atom stereocenters. The van der Waals surface area contributed by atoms with Crippen LogP contribution in [0.2, 0.25) is 10.0 Å². The van der Waals surface area contributed by atoms with Crippen molar-refractivity contribution in [2.45, 2.75) is 26.3 Å². The maximum absolute atomic E-state index is 13.3. The lowest BCUT2D eigenvalue weighted by Crippen LogP contribution is -2.54. The number of nitrogens with one attached hydrogen (secondary N) is 1. The van der Waals surface area contributed by atoms with Gasteiger partial charge in [0.1, 0.15) is 5.57 Å². The highest BCUT2D eigenvalue weighted by Gasteiger charge is 2.35. The van der Waals surface area contributed by atoms with Crippen LogP contribution in [-0.4, -0.2) is 29.5 Å². The molecule has 0 spiro atoms. The number of fused-ring (bicyclic) bond motifs is 1. The zero-order valence-corrected chi connectivity index (χ0v) is 20.3. The summed E-state index contributed by atoms with van der Waals surface area (Å²) in [5.74, 6) is -1.11. The highest BCUT2D eigenvalue weighted by atomic mass is 35.5. The van der Waals surface area contributed by atoms with Gasteiger partial charge >= 0.3 is 0 Å². The smallest absolute Gasteiger partial charge is 0.270 e. The van der Waals surface area contributed by atoms with Crippen LogP contribution in [0, 0.1) is 0 Å². The minimum absolute atomic E-state index is 0.00131. The Bertz CT molecular complexity index is 1250. The summed E-state index contributed by atoms with van der Waals surface area (Å²) in [5, 5.41) is 3.47. The molecule has 2 aliphatic heterocycles. The van der Waals surface area contributed by atoms with E-state index in [4.69, 9.17) is 35.4 Å². The molecule has 1 saturated heterocycles. The lowest BCUT2D eigenvalue weighted by atomic mass is 9.88. The quantitative estimate of drug-likeness (QED) is 0.348. The molecule has 0 aromatic heterocycles. The summed E-state index contributed by atoms with van der Waals surface area (Å²) in [6, 6.07) is 10.5. The Balaban J connectivity index is 1.80. The molecule has 164 valence electrons. The van der Waals surface area contributed by atoms with Crippen molar-refractivity contribution in [3.8, 4) is 0 Å². The van der Waals surface area contributed by atoms with E-state index < -0.39 is 11.8 Å². The molecule has 0 radical (unpaired) electrons. The molecule has 2 amide bonds. The Morgan fingerprint density at radius 3 is 2.53 bits per heavy atom. The van der Waals surface area contributed by atoms with Gasteiger partial charge in [-0.2, -0.15) is 0 Å². The molecule has 4 rings (SSSR count). The molecule has 1 N–H and O–H groups in total. The van der Waals surface area contributed by atoms with Gasteiger partial charge in [-0.15, -0.1) is 0 Å². The third-order valence-electron chi connectivity index (χ3n) is 5.80. The lowest BCUT2D eigenvalue weighted by Gasteiger charge is -2.40. The number of carbonyl (C=O) groups excluding carboxylic acids is 2. The first-order chi connectivity index (χ1) is 15.0. The van der Waals surface area contributed by atoms with E-state index in [1.54, 1.807) is 24.3 Å². The largest absolute Gasteiger partial charge is 0.365 e. The van der Waals surface area contributed by atoms with Crippen LogP contribution in [0.1, 0.15) is 31.9 Å². The summed E-state index contributed by atoms with van der Waals surface area (Å²) in [5.41, 5.74) is 3.90. The average Bonchev–Trinajstić information content (AvgIpc) is 2.69. The molecule has 0 bridgehead atoms. The van der Waals surface area contributed by atoms with E-state index in [1.165, 1.54) is 11.0 Å². The molecule has 2 aliphatic rings. The van der Waals surface area contributed by atoms with Crippen molar-refractivity contribution in [1.29, 1.82) is 0 Å². The van der Waals surface area contributed by atoms with E-state index in [0.717, 1.165) is 16.8 Å². The first-order valence-corrected chi connectivity index (χ1v) is 11.1. The first kappa shape index (κ1) is 22.5. The van der Waals surface area contributed by atoms with Crippen LogP contribution < -0.4 is 15.1 Å². The van der Waals surface area contributed by atoms with E-state index in [2.05, 4.69) is 30.1 Å². The Hall–Kier alpha value is -2.67. The minimum Gasteiger partial charge on any atom is -0.365 e. The third kappa shape index (κ3) is 3.83. The van der Waals surface area contributed by atoms with E-state index in [0.29, 0.717) is 21.3 Å². The van der Waals surface area contributed by atoms with Gasteiger partial charge in [0.2, 0.25) is 0 Å². The molecule has 0 atom stereocenters. The first-order valence-electron chi connectivity index (χ1n) is 9.94. The van der Waals surface area contributed by atoms with Crippen molar-refractivity contribution in [3.05, 3.63) is 69.2 Å². The number of hydrogen-bond donors (Lipinski definition) is 1. The van der Waals surface area contributed by atoms with Gasteiger partial charge in [-0.1, -0.05) is 35.3 Å². The third-order valence-corrected chi connectivity index (χ3v) is 6.65. The summed E-state index contributed by atoms with van der Waals surface area (Å²) in [4.78, 5) is 29.3. The van der Waals surface area contributed by atoms with Gasteiger partial charge in [0.25, 0.3) is 11.8 Å². The summed E-state index contributed by atoms with van der Waals surface area (Å²) in [6.07, 6.45) is 3.69. The fourth-order valence-electron chi connectivity index (χ4n) is 3.96. The number of thiocarbonyl (C=S) groups is 1. The fourth-order valence-corrected chi connectivity index (χ4v) is 4.64. The number of anilines is 2. The number of hydrogen-bond acceptors (Lipinski definition) is 4. The van der Waals surface area contributed by atoms with Crippen LogP contribution in [0.25, 0.3) is 11.6 Å². The number of benzene rings is 2. The van der Waals surface area contributed by atoms with Crippen LogP contribution in [0.4, 0.5) is 11.4 Å². The highest BCUT2D eigenvalue weighted by Crippen LogP contribution is 2.41. The molecule has 5 nitrogen and oxygen atoms in total. The van der Waals surface area contributed by atoms with Crippen molar-refractivity contribution in [3.63, 3.8) is 0 Å². The molecule has 0 aliphatic carbocycles. The maximum Gasteiger partial charge on any atom is 0.270 e. The topological polar surface area (TPSA) is 52.7 Å². The predicted molar refractivity (Wildman–Crippen MR) is 135 cm³/mol. The Morgan fingerprint density at radius 2 is 1.84 bits per heavy atom. The molecule has 2 aromatic rings. The predicted octanol–water partition coefficient (Wildman–Crippen LogP) is 5.46. The van der Waals surface area contributed by atoms with Crippen molar-refractivity contribution in [2.24, 2.45) is 0 Å². The van der Waals surface area contributed by atoms with Gasteiger partial charge < -0.3 is 4.90 Å². The number of halogens is 2. The molecule has 2 aromatic carbocycles. The molecule has 8 heteroatoms. The van der Waals surface area contributed by atoms with Crippen LogP contribution >= 0.6 is 35.4 Å². The summed E-state index contributed by atoms with van der Waals surface area (Å²) in [6.45, 7) is 6.29. The van der Waals surface area contributed by atoms with Gasteiger partial charge in [-0.25, -0.2) is 0 Å². The number of amides is 2. The normalized spacial score (nSPS) is 19.1. The van der Waals surface area contributed by atoms with Crippen LogP contribution in [0.5, 0.6) is 0 Å². The van der Waals surface area contributed by atoms with Gasteiger partial charge in [-0.3, -0.25) is 19.8 Å². The number of likely N-dealkylation sites (N-methyl/N-ethyl adjacent to an activating group) is 1. The average molecular weight is 486 g/mol. The second kappa shape index (κ2) is 8.03. The molecular weight excluding hydrogens is 465 g/mol. The number of nitrogens with zero attached hydrogens (tertiary/aromatic N) is 2. The van der Waals surface area contributed by atoms with Crippen molar-refractivity contribution < 1.29 is 9.59 Å². The monoisotopic (exact) mass is 485 g/mol. The Morgan fingerprint density at radius 1 is 1.12 bits per heavy atom. The second-order valence-electron chi connectivity index (χ2n) is 8.37. The summed E-state index contributed by atoms with van der Waals surface area (Å²) >= 11 is 17.9. The zero-order chi connectivity index (χ0) is 23.4. The maximum atomic E-state index is 13.3. The van der Waals surface area contributed by atoms with E-state index in [1.807, 2.05) is 26.1 Å². The van der Waals surface area contributed by atoms with Crippen molar-refractivity contribution in [1.82, 2.24) is 5.32 Å². The van der Waals surface area contributed by atoms with Gasteiger partial charge in [0, 0.05) is 28.3 Å². The van der Waals surface area contributed by atoms with E-state index in [9.17, 15) is 9.59 Å². The van der Waals surface area contributed by atoms with Crippen molar-refractivity contribution in [2.75, 3.05) is 16.8 Å². The minimum atomic E-state index is -0.572. The van der Waals surface area contributed by atoms with Gasteiger partial charge in [-0.05, 0) is 80.5 Å². The van der Waals surface area contributed by atoms with Crippen LogP contribution in [0.15, 0.2) is 48.0 Å². The fraction of sp³-hybridized carbons (Fsp3) is 0.208. The highest BCUT2D eigenvalue weighted by molar-refractivity contribution is 7.80. The Labute approximate surface area is 202 Å². The van der Waals surface area contributed by atoms with Gasteiger partial charge in [0.15, 0.2) is 5.11 Å². The number of allylic oxidation sites excluding steroid dienone is 1. The molecular formula is C24H21Cl2N3O2S. The summed E-state index contributed by atoms with van der Waals surface area (Å²) in [7, 11) is 2.01. The summed E-state index contributed by atoms with van der Waals surface area (Å²) < 4.78 is 0. The standard InChI is InChI=1S/C24H21Cl2N3O2S/c1-13-12-24(2,3)28(4)20-11-19(26)14(8-17(13)20)9-18-21(30)27-23(32)29(22(18)31)16-7-5-6-15(25)10-16/h5-12H,1-4H3,(H,27,30,32)/b18-9+. The van der Waals surface area contributed by atoms with Crippen LogP contribution in [0.3, 0.4) is 0 Å². The molecule has 0 saturated carbocycles. The lowest BCUT2D eigenvalue weighted by molar-refractivity contribution is -0.122. The molecule has 32 heavy (non-hydrogen) atoms. The van der Waals surface area contributed by atoms with E-state index >= 15 is 0 Å². The number of rotatable bonds is 2. The Kier molecular flexibility index (Phi) is 5.65. The van der Waals surface area contributed by atoms with Gasteiger partial charge in [0.05, 0.1) is 11.2 Å². The molecule has 2 heterocycles. The van der Waals surface area contributed by atoms with E-state index in [-0.39, 0.29) is 16.2 Å². The second-order valence-corrected chi connectivity index (χ2v) is 9.60. The zero-order valence-electron chi connectivity index (χ0n) is 18.0.